The van der Waals surface area contributed by atoms with Crippen molar-refractivity contribution in [1.29, 1.82) is 0 Å². The van der Waals surface area contributed by atoms with Gasteiger partial charge in [0.1, 0.15) is 0 Å². The molecule has 1 aliphatic heterocycles. The van der Waals surface area contributed by atoms with Crippen molar-refractivity contribution in [2.45, 2.75) is 32.0 Å². The summed E-state index contributed by atoms with van der Waals surface area (Å²) in [5.74, 6) is 0.150. The smallest absolute Gasteiger partial charge is 0.237 e. The number of rotatable bonds is 5. The Bertz CT molecular complexity index is 597. The van der Waals surface area contributed by atoms with Crippen molar-refractivity contribution in [3.8, 4) is 0 Å². The summed E-state index contributed by atoms with van der Waals surface area (Å²) in [6.45, 7) is 2.46. The third-order valence-electron chi connectivity index (χ3n) is 4.20. The Hall–Kier alpha value is -2.13. The topological polar surface area (TPSA) is 32.3 Å². The van der Waals surface area contributed by atoms with Crippen LogP contribution >= 0.6 is 0 Å². The van der Waals surface area contributed by atoms with Crippen molar-refractivity contribution in [2.75, 3.05) is 6.54 Å². The van der Waals surface area contributed by atoms with Crippen LogP contribution in [0, 0.1) is 0 Å². The zero-order valence-corrected chi connectivity index (χ0v) is 12.7. The monoisotopic (exact) mass is 294 g/mol. The third-order valence-corrected chi connectivity index (χ3v) is 4.20. The SMILES string of the molecule is O=C(NCc1ccccc1)C1CCCN1Cc1ccccc1. The molecule has 3 rings (SSSR count). The second-order valence-corrected chi connectivity index (χ2v) is 5.82. The number of nitrogens with zero attached hydrogens (tertiary/aromatic N) is 1. The molecule has 0 spiro atoms. The van der Waals surface area contributed by atoms with Crippen molar-refractivity contribution in [3.63, 3.8) is 0 Å². The lowest BCUT2D eigenvalue weighted by Gasteiger charge is -2.23. The van der Waals surface area contributed by atoms with Gasteiger partial charge in [-0.3, -0.25) is 9.69 Å². The Kier molecular flexibility index (Phi) is 4.86. The number of benzene rings is 2. The van der Waals surface area contributed by atoms with Crippen LogP contribution in [0.3, 0.4) is 0 Å². The number of carbonyl (C=O) groups is 1. The van der Waals surface area contributed by atoms with E-state index in [9.17, 15) is 4.79 Å². The molecule has 1 heterocycles. The molecule has 0 aromatic heterocycles. The molecule has 1 aliphatic rings. The van der Waals surface area contributed by atoms with E-state index in [0.29, 0.717) is 6.54 Å². The van der Waals surface area contributed by atoms with Crippen molar-refractivity contribution >= 4 is 5.91 Å². The first-order chi connectivity index (χ1) is 10.8. The summed E-state index contributed by atoms with van der Waals surface area (Å²) in [5.41, 5.74) is 2.41. The highest BCUT2D eigenvalue weighted by molar-refractivity contribution is 5.82. The van der Waals surface area contributed by atoms with Gasteiger partial charge in [-0.05, 0) is 30.5 Å². The quantitative estimate of drug-likeness (QED) is 0.919. The van der Waals surface area contributed by atoms with E-state index in [1.165, 1.54) is 5.56 Å². The van der Waals surface area contributed by atoms with Gasteiger partial charge in [0, 0.05) is 13.1 Å². The van der Waals surface area contributed by atoms with Crippen LogP contribution in [0.4, 0.5) is 0 Å². The molecule has 114 valence electrons. The van der Waals surface area contributed by atoms with Crippen molar-refractivity contribution in [3.05, 3.63) is 71.8 Å². The predicted molar refractivity (Wildman–Crippen MR) is 88.2 cm³/mol. The molecule has 1 fully saturated rings. The minimum Gasteiger partial charge on any atom is -0.351 e. The van der Waals surface area contributed by atoms with Crippen LogP contribution < -0.4 is 5.32 Å². The predicted octanol–water partition coefficient (Wildman–Crippen LogP) is 2.97. The van der Waals surface area contributed by atoms with Gasteiger partial charge in [0.05, 0.1) is 6.04 Å². The molecule has 0 radical (unpaired) electrons. The molecule has 22 heavy (non-hydrogen) atoms. The molecule has 3 heteroatoms. The van der Waals surface area contributed by atoms with E-state index < -0.39 is 0 Å². The van der Waals surface area contributed by atoms with E-state index in [1.807, 2.05) is 36.4 Å². The highest BCUT2D eigenvalue weighted by Crippen LogP contribution is 2.20. The van der Waals surface area contributed by atoms with Crippen molar-refractivity contribution in [2.24, 2.45) is 0 Å². The van der Waals surface area contributed by atoms with E-state index in [1.54, 1.807) is 0 Å². The minimum absolute atomic E-state index is 0.00363. The van der Waals surface area contributed by atoms with E-state index in [4.69, 9.17) is 0 Å². The maximum atomic E-state index is 12.5. The fourth-order valence-electron chi connectivity index (χ4n) is 3.03. The Morgan fingerprint density at radius 1 is 1.00 bits per heavy atom. The number of nitrogens with one attached hydrogen (secondary N) is 1. The van der Waals surface area contributed by atoms with Gasteiger partial charge in [-0.2, -0.15) is 0 Å². The summed E-state index contributed by atoms with van der Waals surface area (Å²) in [6, 6.07) is 20.4. The lowest BCUT2D eigenvalue weighted by molar-refractivity contribution is -0.125. The zero-order chi connectivity index (χ0) is 15.2. The molecule has 2 aromatic carbocycles. The number of hydrogen-bond donors (Lipinski definition) is 1. The second-order valence-electron chi connectivity index (χ2n) is 5.82. The number of likely N-dealkylation sites (tertiary alicyclic amines) is 1. The summed E-state index contributed by atoms with van der Waals surface area (Å²) in [5, 5.41) is 3.08. The Morgan fingerprint density at radius 3 is 2.32 bits per heavy atom. The van der Waals surface area contributed by atoms with Gasteiger partial charge in [-0.15, -0.1) is 0 Å². The van der Waals surface area contributed by atoms with Crippen LogP contribution in [-0.2, 0) is 17.9 Å². The molecule has 0 aliphatic carbocycles. The molecule has 1 atom stereocenters. The highest BCUT2D eigenvalue weighted by atomic mass is 16.2. The summed E-state index contributed by atoms with van der Waals surface area (Å²) in [6.07, 6.45) is 2.05. The Balaban J connectivity index is 1.57. The fourth-order valence-corrected chi connectivity index (χ4v) is 3.03. The van der Waals surface area contributed by atoms with Gasteiger partial charge in [0.25, 0.3) is 0 Å². The van der Waals surface area contributed by atoms with E-state index >= 15 is 0 Å². The van der Waals surface area contributed by atoms with Crippen LogP contribution in [0.5, 0.6) is 0 Å². The van der Waals surface area contributed by atoms with Crippen LogP contribution in [0.15, 0.2) is 60.7 Å². The second kappa shape index (κ2) is 7.23. The summed E-state index contributed by atoms with van der Waals surface area (Å²) < 4.78 is 0. The van der Waals surface area contributed by atoms with Gasteiger partial charge in [-0.1, -0.05) is 60.7 Å². The summed E-state index contributed by atoms with van der Waals surface area (Å²) >= 11 is 0. The molecule has 0 saturated carbocycles. The average molecular weight is 294 g/mol. The molecule has 2 aromatic rings. The van der Waals surface area contributed by atoms with E-state index in [2.05, 4.69) is 34.5 Å². The average Bonchev–Trinajstić information content (AvgIpc) is 3.03. The highest BCUT2D eigenvalue weighted by Gasteiger charge is 2.30. The first-order valence-electron chi connectivity index (χ1n) is 7.92. The lowest BCUT2D eigenvalue weighted by Crippen LogP contribution is -2.42. The lowest BCUT2D eigenvalue weighted by atomic mass is 10.1. The van der Waals surface area contributed by atoms with Gasteiger partial charge in [-0.25, -0.2) is 0 Å². The van der Waals surface area contributed by atoms with Crippen LogP contribution in [0.1, 0.15) is 24.0 Å². The molecule has 1 saturated heterocycles. The van der Waals surface area contributed by atoms with E-state index in [0.717, 1.165) is 31.5 Å². The van der Waals surface area contributed by atoms with Crippen molar-refractivity contribution < 1.29 is 4.79 Å². The molecule has 3 nitrogen and oxygen atoms in total. The minimum atomic E-state index is 0.00363. The molecular weight excluding hydrogens is 272 g/mol. The largest absolute Gasteiger partial charge is 0.351 e. The van der Waals surface area contributed by atoms with Crippen LogP contribution in [-0.4, -0.2) is 23.4 Å². The van der Waals surface area contributed by atoms with Gasteiger partial charge in [0.15, 0.2) is 0 Å². The Morgan fingerprint density at radius 2 is 1.64 bits per heavy atom. The molecule has 1 N–H and O–H groups in total. The third kappa shape index (κ3) is 3.74. The van der Waals surface area contributed by atoms with E-state index in [-0.39, 0.29) is 11.9 Å². The zero-order valence-electron chi connectivity index (χ0n) is 12.7. The van der Waals surface area contributed by atoms with Crippen LogP contribution in [0.25, 0.3) is 0 Å². The molecular formula is C19H22N2O. The first kappa shape index (κ1) is 14.8. The first-order valence-corrected chi connectivity index (χ1v) is 7.92. The maximum Gasteiger partial charge on any atom is 0.237 e. The van der Waals surface area contributed by atoms with Gasteiger partial charge < -0.3 is 5.32 Å². The fraction of sp³-hybridized carbons (Fsp3) is 0.316. The van der Waals surface area contributed by atoms with Crippen LogP contribution in [0.2, 0.25) is 0 Å². The van der Waals surface area contributed by atoms with Gasteiger partial charge >= 0.3 is 0 Å². The maximum absolute atomic E-state index is 12.5. The normalized spacial score (nSPS) is 18.3. The molecule has 1 amide bonds. The Labute approximate surface area is 132 Å². The molecule has 0 bridgehead atoms. The number of hydrogen-bond acceptors (Lipinski definition) is 2. The number of carbonyl (C=O) groups excluding carboxylic acids is 1. The summed E-state index contributed by atoms with van der Waals surface area (Å²) in [7, 11) is 0. The van der Waals surface area contributed by atoms with Gasteiger partial charge in [0.2, 0.25) is 5.91 Å². The summed E-state index contributed by atoms with van der Waals surface area (Å²) in [4.78, 5) is 14.8. The standard InChI is InChI=1S/C19H22N2O/c22-19(20-14-16-8-3-1-4-9-16)18-12-7-13-21(18)15-17-10-5-2-6-11-17/h1-6,8-11,18H,7,12-15H2,(H,20,22). The van der Waals surface area contributed by atoms with Crippen molar-refractivity contribution in [1.82, 2.24) is 10.2 Å². The molecule has 1 unspecified atom stereocenters. The number of amides is 1.